The highest BCUT2D eigenvalue weighted by molar-refractivity contribution is 5.02. The Bertz CT molecular complexity index is 157. The number of hydrogen-bond acceptors (Lipinski definition) is 1. The molecular formula is C6H10N3. The SMILES string of the molecule is C[N]C(C)c1cc[nH]n1. The summed E-state index contributed by atoms with van der Waals surface area (Å²) in [5, 5.41) is 10.8. The van der Waals surface area contributed by atoms with E-state index in [1.54, 1.807) is 13.2 Å². The molecule has 0 fully saturated rings. The van der Waals surface area contributed by atoms with Crippen molar-refractivity contribution in [3.8, 4) is 0 Å². The second kappa shape index (κ2) is 2.64. The van der Waals surface area contributed by atoms with E-state index in [9.17, 15) is 0 Å². The maximum Gasteiger partial charge on any atom is 0.0804 e. The lowest BCUT2D eigenvalue weighted by atomic mass is 10.2. The first-order chi connectivity index (χ1) is 4.34. The van der Waals surface area contributed by atoms with Crippen LogP contribution in [0.4, 0.5) is 0 Å². The summed E-state index contributed by atoms with van der Waals surface area (Å²) in [4.78, 5) is 0. The highest BCUT2D eigenvalue weighted by Gasteiger charge is 2.02. The van der Waals surface area contributed by atoms with E-state index in [-0.39, 0.29) is 6.04 Å². The third-order valence-corrected chi connectivity index (χ3v) is 1.34. The van der Waals surface area contributed by atoms with Crippen LogP contribution >= 0.6 is 0 Å². The predicted molar refractivity (Wildman–Crippen MR) is 35.1 cm³/mol. The van der Waals surface area contributed by atoms with Crippen molar-refractivity contribution in [1.29, 1.82) is 0 Å². The first kappa shape index (κ1) is 6.29. The average Bonchev–Trinajstić information content (AvgIpc) is 2.37. The highest BCUT2D eigenvalue weighted by Crippen LogP contribution is 2.06. The fourth-order valence-corrected chi connectivity index (χ4v) is 0.637. The van der Waals surface area contributed by atoms with E-state index >= 15 is 0 Å². The molecule has 3 heteroatoms. The van der Waals surface area contributed by atoms with Gasteiger partial charge < -0.3 is 0 Å². The molecule has 0 aliphatic heterocycles. The zero-order valence-corrected chi connectivity index (χ0v) is 5.63. The molecule has 0 spiro atoms. The predicted octanol–water partition coefficient (Wildman–Crippen LogP) is 0.705. The molecule has 0 saturated carbocycles. The van der Waals surface area contributed by atoms with Gasteiger partial charge in [-0.05, 0) is 13.0 Å². The molecule has 0 aliphatic rings. The summed E-state index contributed by atoms with van der Waals surface area (Å²) in [5.74, 6) is 0. The van der Waals surface area contributed by atoms with E-state index < -0.39 is 0 Å². The van der Waals surface area contributed by atoms with Crippen LogP contribution in [0, 0.1) is 0 Å². The van der Waals surface area contributed by atoms with Gasteiger partial charge in [0.1, 0.15) is 0 Å². The maximum atomic E-state index is 4.05. The Morgan fingerprint density at radius 3 is 3.00 bits per heavy atom. The molecule has 1 rings (SSSR count). The molecule has 1 N–H and O–H groups in total. The number of aromatic nitrogens is 2. The minimum Gasteiger partial charge on any atom is -0.285 e. The standard InChI is InChI=1S/C6H10N3/c1-5(7-2)6-3-4-8-9-6/h3-5H,1-2H3,(H,8,9). The van der Waals surface area contributed by atoms with Crippen molar-refractivity contribution in [3.63, 3.8) is 0 Å². The summed E-state index contributed by atoms with van der Waals surface area (Å²) in [6.45, 7) is 2.01. The molecule has 0 aliphatic carbocycles. The van der Waals surface area contributed by atoms with Gasteiger partial charge in [-0.3, -0.25) is 5.10 Å². The molecule has 0 amide bonds. The third kappa shape index (κ3) is 1.29. The van der Waals surface area contributed by atoms with E-state index in [1.807, 2.05) is 13.0 Å². The normalized spacial score (nSPS) is 13.6. The van der Waals surface area contributed by atoms with Crippen LogP contribution in [0.15, 0.2) is 12.3 Å². The molecule has 3 nitrogen and oxygen atoms in total. The van der Waals surface area contributed by atoms with Gasteiger partial charge in [0.2, 0.25) is 0 Å². The number of rotatable bonds is 2. The summed E-state index contributed by atoms with van der Waals surface area (Å²) in [6, 6.07) is 2.15. The fourth-order valence-electron chi connectivity index (χ4n) is 0.637. The van der Waals surface area contributed by atoms with Crippen LogP contribution in [-0.2, 0) is 0 Å². The van der Waals surface area contributed by atoms with E-state index in [4.69, 9.17) is 0 Å². The van der Waals surface area contributed by atoms with Crippen LogP contribution in [0.3, 0.4) is 0 Å². The smallest absolute Gasteiger partial charge is 0.0804 e. The van der Waals surface area contributed by atoms with Crippen molar-refractivity contribution in [2.45, 2.75) is 13.0 Å². The Kier molecular flexibility index (Phi) is 1.85. The number of H-pyrrole nitrogens is 1. The van der Waals surface area contributed by atoms with Crippen LogP contribution < -0.4 is 5.32 Å². The monoisotopic (exact) mass is 124 g/mol. The minimum atomic E-state index is 0.219. The Balaban J connectivity index is 2.65. The van der Waals surface area contributed by atoms with Gasteiger partial charge in [-0.25, -0.2) is 5.32 Å². The summed E-state index contributed by atoms with van der Waals surface area (Å²) >= 11 is 0. The topological polar surface area (TPSA) is 42.8 Å². The summed E-state index contributed by atoms with van der Waals surface area (Å²) in [6.07, 6.45) is 1.80. The van der Waals surface area contributed by atoms with Crippen LogP contribution in [0.5, 0.6) is 0 Å². The molecule has 9 heavy (non-hydrogen) atoms. The molecule has 1 atom stereocenters. The Labute approximate surface area is 54.5 Å². The van der Waals surface area contributed by atoms with Crippen LogP contribution in [0.1, 0.15) is 18.7 Å². The van der Waals surface area contributed by atoms with Crippen LogP contribution in [0.2, 0.25) is 0 Å². The van der Waals surface area contributed by atoms with Crippen molar-refractivity contribution < 1.29 is 0 Å². The third-order valence-electron chi connectivity index (χ3n) is 1.34. The van der Waals surface area contributed by atoms with Crippen molar-refractivity contribution in [2.75, 3.05) is 7.05 Å². The molecule has 0 bridgehead atoms. The number of nitrogens with zero attached hydrogens (tertiary/aromatic N) is 2. The van der Waals surface area contributed by atoms with Crippen molar-refractivity contribution in [1.82, 2.24) is 15.5 Å². The molecule has 1 aromatic rings. The van der Waals surface area contributed by atoms with Crippen molar-refractivity contribution in [2.24, 2.45) is 0 Å². The lowest BCUT2D eigenvalue weighted by molar-refractivity contribution is 0.618. The quantitative estimate of drug-likeness (QED) is 0.619. The second-order valence-corrected chi connectivity index (χ2v) is 1.93. The van der Waals surface area contributed by atoms with E-state index in [2.05, 4.69) is 15.5 Å². The summed E-state index contributed by atoms with van der Waals surface area (Å²) < 4.78 is 0. The van der Waals surface area contributed by atoms with Gasteiger partial charge >= 0.3 is 0 Å². The largest absolute Gasteiger partial charge is 0.285 e. The lowest BCUT2D eigenvalue weighted by Gasteiger charge is -2.01. The lowest BCUT2D eigenvalue weighted by Crippen LogP contribution is -2.04. The van der Waals surface area contributed by atoms with Gasteiger partial charge in [-0.15, -0.1) is 0 Å². The van der Waals surface area contributed by atoms with Crippen molar-refractivity contribution >= 4 is 0 Å². The zero-order valence-electron chi connectivity index (χ0n) is 5.63. The molecule has 1 radical (unpaired) electrons. The van der Waals surface area contributed by atoms with Crippen LogP contribution in [0.25, 0.3) is 0 Å². The maximum absolute atomic E-state index is 4.05. The zero-order chi connectivity index (χ0) is 6.69. The number of nitrogens with one attached hydrogen (secondary N) is 1. The van der Waals surface area contributed by atoms with Gasteiger partial charge in [0, 0.05) is 13.2 Å². The average molecular weight is 124 g/mol. The number of hydrogen-bond donors (Lipinski definition) is 1. The molecular weight excluding hydrogens is 114 g/mol. The van der Waals surface area contributed by atoms with E-state index in [0.29, 0.717) is 0 Å². The molecule has 0 saturated heterocycles. The molecule has 1 heterocycles. The summed E-state index contributed by atoms with van der Waals surface area (Å²) in [5.41, 5.74) is 0.998. The summed E-state index contributed by atoms with van der Waals surface area (Å²) in [7, 11) is 1.79. The fraction of sp³-hybridized carbons (Fsp3) is 0.500. The van der Waals surface area contributed by atoms with E-state index in [1.165, 1.54) is 0 Å². The number of aromatic amines is 1. The van der Waals surface area contributed by atoms with Gasteiger partial charge in [0.25, 0.3) is 0 Å². The molecule has 1 aromatic heterocycles. The highest BCUT2D eigenvalue weighted by atomic mass is 15.1. The molecule has 0 aromatic carbocycles. The Hall–Kier alpha value is -0.830. The molecule has 49 valence electrons. The second-order valence-electron chi connectivity index (χ2n) is 1.93. The first-order valence-corrected chi connectivity index (χ1v) is 2.93. The van der Waals surface area contributed by atoms with Crippen molar-refractivity contribution in [3.05, 3.63) is 18.0 Å². The minimum absolute atomic E-state index is 0.219. The Morgan fingerprint density at radius 2 is 2.56 bits per heavy atom. The first-order valence-electron chi connectivity index (χ1n) is 2.93. The van der Waals surface area contributed by atoms with Gasteiger partial charge in [0.15, 0.2) is 0 Å². The molecule has 1 unspecified atom stereocenters. The van der Waals surface area contributed by atoms with Gasteiger partial charge in [-0.1, -0.05) is 0 Å². The Morgan fingerprint density at radius 1 is 1.78 bits per heavy atom. The van der Waals surface area contributed by atoms with Crippen LogP contribution in [-0.4, -0.2) is 17.2 Å². The van der Waals surface area contributed by atoms with E-state index in [0.717, 1.165) is 5.69 Å². The van der Waals surface area contributed by atoms with Gasteiger partial charge in [0.05, 0.1) is 11.7 Å². The van der Waals surface area contributed by atoms with Gasteiger partial charge in [-0.2, -0.15) is 5.10 Å².